The number of carbonyl (C=O) groups is 1. The van der Waals surface area contributed by atoms with Crippen molar-refractivity contribution in [2.24, 2.45) is 0 Å². The number of nitrogens with zero attached hydrogens (tertiary/aromatic N) is 3. The SMILES string of the molecule is CCOC(=O)c1ncn(COCC[Si](C)(C)C)n1. The number of hydrogen-bond acceptors (Lipinski definition) is 5. The summed E-state index contributed by atoms with van der Waals surface area (Å²) in [5, 5.41) is 3.98. The zero-order valence-corrected chi connectivity index (χ0v) is 12.5. The molecule has 0 radical (unpaired) electrons. The Labute approximate surface area is 108 Å². The average Bonchev–Trinajstić information content (AvgIpc) is 2.72. The molecule has 0 aliphatic carbocycles. The molecule has 1 rings (SSSR count). The van der Waals surface area contributed by atoms with E-state index >= 15 is 0 Å². The van der Waals surface area contributed by atoms with Gasteiger partial charge in [-0.1, -0.05) is 19.6 Å². The Bertz CT molecular complexity index is 387. The molecule has 0 spiro atoms. The number of ether oxygens (including phenoxy) is 2. The lowest BCUT2D eigenvalue weighted by atomic mass is 10.6. The van der Waals surface area contributed by atoms with E-state index in [0.29, 0.717) is 19.9 Å². The maximum atomic E-state index is 11.3. The molecule has 0 N–H and O–H groups in total. The molecule has 1 aromatic heterocycles. The second kappa shape index (κ2) is 6.65. The van der Waals surface area contributed by atoms with Crippen LogP contribution in [0.5, 0.6) is 0 Å². The van der Waals surface area contributed by atoms with Gasteiger partial charge < -0.3 is 9.47 Å². The van der Waals surface area contributed by atoms with Gasteiger partial charge in [-0.2, -0.15) is 0 Å². The van der Waals surface area contributed by atoms with Crippen molar-refractivity contribution in [1.82, 2.24) is 14.8 Å². The fourth-order valence-corrected chi connectivity index (χ4v) is 1.94. The smallest absolute Gasteiger partial charge is 0.378 e. The summed E-state index contributed by atoms with van der Waals surface area (Å²) in [4.78, 5) is 15.2. The number of hydrogen-bond donors (Lipinski definition) is 0. The zero-order chi connectivity index (χ0) is 13.6. The first-order valence-corrected chi connectivity index (χ1v) is 9.77. The van der Waals surface area contributed by atoms with Crippen LogP contribution in [0.1, 0.15) is 17.5 Å². The quantitative estimate of drug-likeness (QED) is 0.429. The van der Waals surface area contributed by atoms with Crippen LogP contribution in [0, 0.1) is 0 Å². The number of carbonyl (C=O) groups excluding carboxylic acids is 1. The van der Waals surface area contributed by atoms with E-state index in [2.05, 4.69) is 29.7 Å². The fourth-order valence-electron chi connectivity index (χ4n) is 1.18. The van der Waals surface area contributed by atoms with E-state index < -0.39 is 14.0 Å². The van der Waals surface area contributed by atoms with Crippen LogP contribution >= 0.6 is 0 Å². The van der Waals surface area contributed by atoms with Gasteiger partial charge in [0.2, 0.25) is 0 Å². The molecule has 0 bridgehead atoms. The maximum Gasteiger partial charge on any atom is 0.378 e. The summed E-state index contributed by atoms with van der Waals surface area (Å²) >= 11 is 0. The third kappa shape index (κ3) is 5.41. The highest BCUT2D eigenvalue weighted by molar-refractivity contribution is 6.76. The van der Waals surface area contributed by atoms with Gasteiger partial charge in [0.25, 0.3) is 5.82 Å². The largest absolute Gasteiger partial charge is 0.460 e. The van der Waals surface area contributed by atoms with Gasteiger partial charge in [-0.15, -0.1) is 5.10 Å². The second-order valence-corrected chi connectivity index (χ2v) is 10.8. The standard InChI is InChI=1S/C11H21N3O3Si/c1-5-17-11(15)10-12-8-14(13-10)9-16-6-7-18(2,3)4/h8H,5-7,9H2,1-4H3. The highest BCUT2D eigenvalue weighted by atomic mass is 28.3. The van der Waals surface area contributed by atoms with Crippen LogP contribution in [-0.2, 0) is 16.2 Å². The topological polar surface area (TPSA) is 66.2 Å². The Morgan fingerprint density at radius 3 is 2.78 bits per heavy atom. The minimum absolute atomic E-state index is 0.0747. The molecule has 0 aliphatic heterocycles. The van der Waals surface area contributed by atoms with Crippen LogP contribution in [0.2, 0.25) is 25.7 Å². The molecule has 0 aromatic carbocycles. The van der Waals surface area contributed by atoms with E-state index in [1.807, 2.05) is 0 Å². The molecule has 7 heteroatoms. The molecule has 0 atom stereocenters. The van der Waals surface area contributed by atoms with Crippen LogP contribution in [0.15, 0.2) is 6.33 Å². The van der Waals surface area contributed by atoms with E-state index in [4.69, 9.17) is 9.47 Å². The van der Waals surface area contributed by atoms with Crippen molar-refractivity contribution >= 4 is 14.0 Å². The molecule has 18 heavy (non-hydrogen) atoms. The van der Waals surface area contributed by atoms with Crippen molar-refractivity contribution in [3.63, 3.8) is 0 Å². The lowest BCUT2D eigenvalue weighted by Crippen LogP contribution is -2.22. The van der Waals surface area contributed by atoms with E-state index in [1.165, 1.54) is 11.0 Å². The predicted molar refractivity (Wildman–Crippen MR) is 70.1 cm³/mol. The minimum atomic E-state index is -1.06. The summed E-state index contributed by atoms with van der Waals surface area (Å²) in [7, 11) is -1.06. The van der Waals surface area contributed by atoms with Gasteiger partial charge in [0.15, 0.2) is 0 Å². The van der Waals surface area contributed by atoms with Gasteiger partial charge in [-0.05, 0) is 13.0 Å². The fraction of sp³-hybridized carbons (Fsp3) is 0.727. The lowest BCUT2D eigenvalue weighted by Gasteiger charge is -2.15. The molecular formula is C11H21N3O3Si. The van der Waals surface area contributed by atoms with Crippen LogP contribution in [0.4, 0.5) is 0 Å². The summed E-state index contributed by atoms with van der Waals surface area (Å²) in [6.45, 7) is 9.98. The summed E-state index contributed by atoms with van der Waals surface area (Å²) in [5.41, 5.74) is 0. The first-order valence-electron chi connectivity index (χ1n) is 6.06. The molecule has 1 aromatic rings. The first kappa shape index (κ1) is 14.8. The van der Waals surface area contributed by atoms with Crippen molar-refractivity contribution < 1.29 is 14.3 Å². The highest BCUT2D eigenvalue weighted by Crippen LogP contribution is 2.07. The highest BCUT2D eigenvalue weighted by Gasteiger charge is 2.13. The van der Waals surface area contributed by atoms with Crippen LogP contribution in [0.3, 0.4) is 0 Å². The van der Waals surface area contributed by atoms with Crippen molar-refractivity contribution in [3.05, 3.63) is 12.2 Å². The minimum Gasteiger partial charge on any atom is -0.460 e. The molecule has 0 aliphatic rings. The summed E-state index contributed by atoms with van der Waals surface area (Å²) in [5.74, 6) is -0.427. The molecule has 0 saturated carbocycles. The Balaban J connectivity index is 2.33. The molecule has 1 heterocycles. The molecule has 0 unspecified atom stereocenters. The Morgan fingerprint density at radius 1 is 1.44 bits per heavy atom. The first-order chi connectivity index (χ1) is 8.42. The summed E-state index contributed by atoms with van der Waals surface area (Å²) in [6.07, 6.45) is 1.47. The van der Waals surface area contributed by atoms with Gasteiger partial charge in [0, 0.05) is 14.7 Å². The predicted octanol–water partition coefficient (Wildman–Crippen LogP) is 1.77. The monoisotopic (exact) mass is 271 g/mol. The number of aromatic nitrogens is 3. The van der Waals surface area contributed by atoms with Gasteiger partial charge in [-0.25, -0.2) is 14.5 Å². The Morgan fingerprint density at radius 2 is 2.17 bits per heavy atom. The van der Waals surface area contributed by atoms with Crippen LogP contribution < -0.4 is 0 Å². The number of esters is 1. The second-order valence-electron chi connectivity index (χ2n) is 5.18. The van der Waals surface area contributed by atoms with E-state index in [9.17, 15) is 4.79 Å². The maximum absolute atomic E-state index is 11.3. The zero-order valence-electron chi connectivity index (χ0n) is 11.5. The Kier molecular flexibility index (Phi) is 5.48. The Hall–Kier alpha value is -1.21. The van der Waals surface area contributed by atoms with Crippen molar-refractivity contribution in [3.8, 4) is 0 Å². The van der Waals surface area contributed by atoms with Crippen molar-refractivity contribution in [2.45, 2.75) is 39.3 Å². The molecular weight excluding hydrogens is 250 g/mol. The van der Waals surface area contributed by atoms with Gasteiger partial charge in [0.05, 0.1) is 6.61 Å². The van der Waals surface area contributed by atoms with Crippen molar-refractivity contribution in [2.75, 3.05) is 13.2 Å². The van der Waals surface area contributed by atoms with E-state index in [1.54, 1.807) is 6.92 Å². The normalized spacial score (nSPS) is 11.6. The lowest BCUT2D eigenvalue weighted by molar-refractivity contribution is 0.0505. The molecule has 6 nitrogen and oxygen atoms in total. The van der Waals surface area contributed by atoms with Crippen LogP contribution in [0.25, 0.3) is 0 Å². The average molecular weight is 271 g/mol. The summed E-state index contributed by atoms with van der Waals surface area (Å²) in [6, 6.07) is 1.10. The molecule has 0 saturated heterocycles. The van der Waals surface area contributed by atoms with E-state index in [-0.39, 0.29) is 5.82 Å². The molecule has 0 fully saturated rings. The number of rotatable bonds is 7. The van der Waals surface area contributed by atoms with Gasteiger partial charge >= 0.3 is 5.97 Å². The van der Waals surface area contributed by atoms with Gasteiger partial charge in [0.1, 0.15) is 13.1 Å². The van der Waals surface area contributed by atoms with Crippen molar-refractivity contribution in [1.29, 1.82) is 0 Å². The van der Waals surface area contributed by atoms with E-state index in [0.717, 1.165) is 6.04 Å². The third-order valence-electron chi connectivity index (χ3n) is 2.21. The molecule has 102 valence electrons. The summed E-state index contributed by atoms with van der Waals surface area (Å²) < 4.78 is 11.8. The van der Waals surface area contributed by atoms with Gasteiger partial charge in [-0.3, -0.25) is 0 Å². The third-order valence-corrected chi connectivity index (χ3v) is 3.92. The van der Waals surface area contributed by atoms with Crippen LogP contribution in [-0.4, -0.2) is 42.0 Å². The molecule has 0 amide bonds.